The van der Waals surface area contributed by atoms with Crippen LogP contribution < -0.4 is 20.3 Å². The van der Waals surface area contributed by atoms with Gasteiger partial charge in [-0.15, -0.1) is 23.4 Å². The fourth-order valence-corrected chi connectivity index (χ4v) is 8.29. The highest BCUT2D eigenvalue weighted by Gasteiger charge is 2.62. The Labute approximate surface area is 311 Å². The van der Waals surface area contributed by atoms with Gasteiger partial charge < -0.3 is 24.5 Å². The first-order chi connectivity index (χ1) is 25.0. The predicted octanol–water partition coefficient (Wildman–Crippen LogP) is 3.86. The van der Waals surface area contributed by atoms with Crippen LogP contribution in [0.5, 0.6) is 5.88 Å². The predicted molar refractivity (Wildman–Crippen MR) is 196 cm³/mol. The molecule has 284 valence electrons. The highest BCUT2D eigenvalue weighted by molar-refractivity contribution is 7.91. The number of hydrogen-bond acceptors (Lipinski definition) is 13. The van der Waals surface area contributed by atoms with Crippen molar-refractivity contribution in [2.24, 2.45) is 11.8 Å². The van der Waals surface area contributed by atoms with E-state index in [0.717, 1.165) is 4.88 Å². The Balaban J connectivity index is 1.29. The number of aromatic nitrogens is 2. The molecule has 3 amide bonds. The quantitative estimate of drug-likeness (QED) is 0.129. The van der Waals surface area contributed by atoms with Crippen LogP contribution in [0.3, 0.4) is 0 Å². The number of thiophene rings is 1. The number of likely N-dealkylation sites (tertiary alicyclic amines) is 1. The summed E-state index contributed by atoms with van der Waals surface area (Å²) in [5, 5.41) is 4.03. The van der Waals surface area contributed by atoms with Gasteiger partial charge in [0.15, 0.2) is 0 Å². The molecule has 3 fully saturated rings. The number of carbonyl (C=O) groups is 4. The molecule has 53 heavy (non-hydrogen) atoms. The van der Waals surface area contributed by atoms with Crippen LogP contribution in [0.4, 0.5) is 4.79 Å². The summed E-state index contributed by atoms with van der Waals surface area (Å²) in [5.41, 5.74) is 1.85. The van der Waals surface area contributed by atoms with Crippen LogP contribution in [0.15, 0.2) is 54.4 Å². The summed E-state index contributed by atoms with van der Waals surface area (Å²) in [6.07, 6.45) is 0.707. The van der Waals surface area contributed by atoms with Gasteiger partial charge in [0.05, 0.1) is 27.7 Å². The van der Waals surface area contributed by atoms with Crippen molar-refractivity contribution in [3.8, 4) is 16.5 Å². The van der Waals surface area contributed by atoms with E-state index in [2.05, 4.69) is 22.1 Å². The second-order valence-electron chi connectivity index (χ2n) is 14.9. The fraction of sp³-hybridized carbons (Fsp3) is 0.500. The summed E-state index contributed by atoms with van der Waals surface area (Å²) in [7, 11) is -3.91. The average Bonchev–Trinajstić information content (AvgIpc) is 3.96. The topological polar surface area (TPSA) is 195 Å². The zero-order valence-electron chi connectivity index (χ0n) is 30.2. The zero-order chi connectivity index (χ0) is 38.3. The molecule has 5 atom stereocenters. The maximum Gasteiger partial charge on any atom is 0.528 e. The van der Waals surface area contributed by atoms with Crippen LogP contribution in [0.1, 0.15) is 60.3 Å². The number of nitrogens with one attached hydrogen (secondary N) is 3. The first kappa shape index (κ1) is 38.1. The van der Waals surface area contributed by atoms with Crippen LogP contribution in [0.2, 0.25) is 0 Å². The Morgan fingerprint density at radius 3 is 2.36 bits per heavy atom. The third-order valence-electron chi connectivity index (χ3n) is 9.26. The second-order valence-corrected chi connectivity index (χ2v) is 17.8. The lowest BCUT2D eigenvalue weighted by atomic mass is 10.0. The van der Waals surface area contributed by atoms with E-state index in [0.29, 0.717) is 29.6 Å². The molecular weight excluding hydrogens is 725 g/mol. The SMILES string of the molecule is C=C[C@@H]1CC1(NC(=O)[C@@H]1C[C@@H](Oc2nc3ccccc3nc2-c2cccs2)CN1C(=O)C(NOC(=O)OC(C)(C)C)C(C)C)C(=O)NS(=O)(=O)C1CC1. The lowest BCUT2D eigenvalue weighted by molar-refractivity contribution is -0.145. The van der Waals surface area contributed by atoms with E-state index in [1.165, 1.54) is 22.3 Å². The minimum atomic E-state index is -3.91. The molecule has 17 heteroatoms. The highest BCUT2D eigenvalue weighted by Crippen LogP contribution is 2.45. The van der Waals surface area contributed by atoms with E-state index in [1.807, 2.05) is 35.7 Å². The van der Waals surface area contributed by atoms with Gasteiger partial charge in [-0.05, 0) is 69.5 Å². The number of rotatable bonds is 13. The van der Waals surface area contributed by atoms with Crippen molar-refractivity contribution in [2.45, 2.75) is 94.9 Å². The van der Waals surface area contributed by atoms with Crippen molar-refractivity contribution in [3.05, 3.63) is 54.4 Å². The summed E-state index contributed by atoms with van der Waals surface area (Å²) in [6.45, 7) is 12.2. The minimum absolute atomic E-state index is 0.00940. The van der Waals surface area contributed by atoms with Gasteiger partial charge in [0.1, 0.15) is 35.0 Å². The zero-order valence-corrected chi connectivity index (χ0v) is 31.8. The van der Waals surface area contributed by atoms with Gasteiger partial charge in [0.25, 0.3) is 5.91 Å². The Morgan fingerprint density at radius 2 is 1.77 bits per heavy atom. The van der Waals surface area contributed by atoms with Gasteiger partial charge in [-0.2, -0.15) is 0 Å². The van der Waals surface area contributed by atoms with Gasteiger partial charge in [0, 0.05) is 12.3 Å². The lowest BCUT2D eigenvalue weighted by Gasteiger charge is -2.31. The second kappa shape index (κ2) is 14.7. The van der Waals surface area contributed by atoms with E-state index in [4.69, 9.17) is 24.3 Å². The van der Waals surface area contributed by atoms with Gasteiger partial charge in [0.2, 0.25) is 27.7 Å². The van der Waals surface area contributed by atoms with E-state index < -0.39 is 80.3 Å². The summed E-state index contributed by atoms with van der Waals surface area (Å²) in [4.78, 5) is 71.3. The minimum Gasteiger partial charge on any atom is -0.471 e. The number of benzene rings is 1. The standard InChI is InChI=1S/C36H44N6O9S2/c1-7-21-18-36(21,33(45)41-53(47,48)23-14-15-23)39-30(43)26-17-22(19-42(26)32(44)28(20(2)3)40-51-34(46)50-35(4,5)6)49-31-29(27-13-10-16-52-27)37-24-11-8-9-12-25(24)38-31/h7-13,16,20-23,26,28,40H,1,14-15,17-19H2,2-6H3,(H,39,43)(H,41,45)/t21-,22-,26+,28?,36?/m1/s1. The molecule has 3 heterocycles. The molecule has 3 aromatic rings. The Hall–Kier alpha value is -4.61. The number of hydroxylamine groups is 1. The lowest BCUT2D eigenvalue weighted by Crippen LogP contribution is -2.58. The summed E-state index contributed by atoms with van der Waals surface area (Å²) >= 11 is 1.45. The Bertz CT molecular complexity index is 2010. The van der Waals surface area contributed by atoms with Crippen molar-refractivity contribution in [1.82, 2.24) is 30.4 Å². The molecule has 3 aliphatic rings. The van der Waals surface area contributed by atoms with Gasteiger partial charge in [-0.1, -0.05) is 38.1 Å². The number of nitrogens with zero attached hydrogens (tertiary/aromatic N) is 3. The molecule has 2 aliphatic carbocycles. The molecule has 3 N–H and O–H groups in total. The molecule has 2 unspecified atom stereocenters. The number of para-hydroxylation sites is 2. The Morgan fingerprint density at radius 1 is 1.08 bits per heavy atom. The molecule has 6 rings (SSSR count). The van der Waals surface area contributed by atoms with Gasteiger partial charge in [-0.25, -0.2) is 23.2 Å². The van der Waals surface area contributed by atoms with E-state index >= 15 is 0 Å². The molecule has 0 radical (unpaired) electrons. The van der Waals surface area contributed by atoms with Crippen molar-refractivity contribution in [1.29, 1.82) is 0 Å². The van der Waals surface area contributed by atoms with Crippen molar-refractivity contribution >= 4 is 56.3 Å². The van der Waals surface area contributed by atoms with Crippen molar-refractivity contribution in [2.75, 3.05) is 6.54 Å². The van der Waals surface area contributed by atoms with Crippen LogP contribution in [0, 0.1) is 11.8 Å². The van der Waals surface area contributed by atoms with E-state index in [1.54, 1.807) is 40.7 Å². The van der Waals surface area contributed by atoms with Crippen LogP contribution in [0.25, 0.3) is 21.6 Å². The van der Waals surface area contributed by atoms with Crippen LogP contribution >= 0.6 is 11.3 Å². The third-order valence-corrected chi connectivity index (χ3v) is 12.0. The first-order valence-corrected chi connectivity index (χ1v) is 19.9. The largest absolute Gasteiger partial charge is 0.528 e. The molecule has 0 bridgehead atoms. The van der Waals surface area contributed by atoms with Crippen molar-refractivity contribution in [3.63, 3.8) is 0 Å². The molecule has 1 saturated heterocycles. The third kappa shape index (κ3) is 8.47. The number of fused-ring (bicyclic) bond motifs is 1. The molecule has 1 aromatic carbocycles. The number of ether oxygens (including phenoxy) is 2. The first-order valence-electron chi connectivity index (χ1n) is 17.4. The molecule has 1 aliphatic heterocycles. The maximum absolute atomic E-state index is 14.3. The Kier molecular flexibility index (Phi) is 10.5. The van der Waals surface area contributed by atoms with E-state index in [-0.39, 0.29) is 25.3 Å². The smallest absolute Gasteiger partial charge is 0.471 e. The normalized spacial score (nSPS) is 23.3. The number of hydrogen-bond donors (Lipinski definition) is 3. The summed E-state index contributed by atoms with van der Waals surface area (Å²) in [6, 6.07) is 8.82. The molecule has 0 spiro atoms. The average molecular weight is 769 g/mol. The van der Waals surface area contributed by atoms with E-state index in [9.17, 15) is 27.6 Å². The number of sulfonamides is 1. The van der Waals surface area contributed by atoms with Gasteiger partial charge >= 0.3 is 6.16 Å². The van der Waals surface area contributed by atoms with Crippen LogP contribution in [-0.2, 0) is 34.0 Å². The maximum atomic E-state index is 14.3. The molecule has 2 saturated carbocycles. The molecule has 15 nitrogen and oxygen atoms in total. The number of carbonyl (C=O) groups excluding carboxylic acids is 4. The molecular formula is C36H44N6O9S2. The van der Waals surface area contributed by atoms with Crippen molar-refractivity contribution < 1.29 is 41.9 Å². The summed E-state index contributed by atoms with van der Waals surface area (Å²) < 4.78 is 39.2. The molecule has 2 aromatic heterocycles. The fourth-order valence-electron chi connectivity index (χ4n) is 6.22. The van der Waals surface area contributed by atoms with Crippen LogP contribution in [-0.4, -0.2) is 88.3 Å². The highest BCUT2D eigenvalue weighted by atomic mass is 32.2. The summed E-state index contributed by atoms with van der Waals surface area (Å²) in [5.74, 6) is -2.87. The monoisotopic (exact) mass is 768 g/mol. The van der Waals surface area contributed by atoms with Gasteiger partial charge in [-0.3, -0.25) is 19.1 Å². The number of amides is 3.